The Morgan fingerprint density at radius 2 is 1.03 bits per heavy atom. The van der Waals surface area contributed by atoms with E-state index in [1.807, 2.05) is 60.7 Å². The fraction of sp³-hybridized carbons (Fsp3) is 0.309. The number of amides is 2. The van der Waals surface area contributed by atoms with Crippen LogP contribution in [0.25, 0.3) is 0 Å². The number of fused-ring (bicyclic) bond motifs is 1. The quantitative estimate of drug-likeness (QED) is 0.0297. The zero-order valence-corrected chi connectivity index (χ0v) is 38.6. The lowest BCUT2D eigenvalue weighted by Crippen LogP contribution is -2.69. The Hall–Kier alpha value is -6.66. The van der Waals surface area contributed by atoms with Crippen molar-refractivity contribution in [3.05, 3.63) is 204 Å². The van der Waals surface area contributed by atoms with E-state index in [4.69, 9.17) is 47.4 Å². The molecule has 0 saturated carbocycles. The van der Waals surface area contributed by atoms with Gasteiger partial charge in [-0.1, -0.05) is 121 Å². The van der Waals surface area contributed by atoms with Crippen LogP contribution in [0.3, 0.4) is 0 Å². The number of esters is 2. The highest BCUT2D eigenvalue weighted by Gasteiger charge is 2.58. The predicted octanol–water partition coefficient (Wildman–Crippen LogP) is 7.16. The lowest BCUT2D eigenvalue weighted by Gasteiger charge is -2.50. The second-order valence-electron chi connectivity index (χ2n) is 16.6. The van der Waals surface area contributed by atoms with Gasteiger partial charge in [-0.2, -0.15) is 0 Å². The Bertz CT molecular complexity index is 2490. The summed E-state index contributed by atoms with van der Waals surface area (Å²) in [7, 11) is 1.41. The lowest BCUT2D eigenvalue weighted by atomic mass is 9.93. The maximum Gasteiger partial charge on any atom is 0.338 e. The molecule has 10 atom stereocenters. The molecule has 5 aromatic carbocycles. The normalized spacial score (nSPS) is 25.2. The van der Waals surface area contributed by atoms with Crippen LogP contribution in [0.5, 0.6) is 0 Å². The number of carbonyl (C=O) groups excluding carboxylic acids is 4. The van der Waals surface area contributed by atoms with Gasteiger partial charge in [-0.05, 0) is 47.5 Å². The van der Waals surface area contributed by atoms with Crippen molar-refractivity contribution >= 4 is 23.8 Å². The van der Waals surface area contributed by atoms with Crippen molar-refractivity contribution in [2.24, 2.45) is 0 Å². The molecule has 0 spiro atoms. The molecule has 15 nitrogen and oxygen atoms in total. The number of nitrogens with zero attached hydrogens (tertiary/aromatic N) is 1. The first-order chi connectivity index (χ1) is 34.3. The van der Waals surface area contributed by atoms with E-state index in [-0.39, 0.29) is 61.9 Å². The molecule has 0 N–H and O–H groups in total. The third-order valence-electron chi connectivity index (χ3n) is 12.0. The Kier molecular flexibility index (Phi) is 17.2. The molecule has 364 valence electrons. The Morgan fingerprint density at radius 3 is 1.59 bits per heavy atom. The van der Waals surface area contributed by atoms with Crippen molar-refractivity contribution in [2.75, 3.05) is 33.5 Å². The number of hydrogen-bond acceptors (Lipinski definition) is 14. The van der Waals surface area contributed by atoms with Crippen LogP contribution in [-0.2, 0) is 60.6 Å². The first-order valence-corrected chi connectivity index (χ1v) is 23.0. The molecule has 0 aromatic heterocycles. The minimum Gasteiger partial charge on any atom is -0.453 e. The third-order valence-corrected chi connectivity index (χ3v) is 12.0. The second-order valence-corrected chi connectivity index (χ2v) is 16.6. The van der Waals surface area contributed by atoms with Crippen molar-refractivity contribution in [1.29, 1.82) is 0 Å². The van der Waals surface area contributed by atoms with Gasteiger partial charge in [-0.3, -0.25) is 14.5 Å². The van der Waals surface area contributed by atoms with Gasteiger partial charge in [0.05, 0.1) is 61.9 Å². The maximum atomic E-state index is 14.4. The molecular formula is C55H55NO14. The number of hydrogen-bond donors (Lipinski definition) is 0. The van der Waals surface area contributed by atoms with Gasteiger partial charge < -0.3 is 47.4 Å². The standard InChI is InChI=1S/C55H55NO14/c1-4-30-62-34-42-46(68-52(59)38-24-14-8-15-25-38)48(64-31-5-2)49(69-53(60)39-26-16-9-17-27-39)55(67-42)70-45-43(35-63-32-36-20-10-6-11-21-36)66-54(61-3)44(47(45)65-33-37-22-12-7-13-23-37)56-50(57)40-28-18-19-29-41(40)51(56)58/h4-29,42-49,54-55H,1-2,30-35H2,3H3/t42-,43-,44-,45-,46-,47-,48+,49+,54-,55+/m1/s1. The van der Waals surface area contributed by atoms with Crippen LogP contribution in [0, 0.1) is 0 Å². The van der Waals surface area contributed by atoms with Crippen molar-refractivity contribution < 1.29 is 66.5 Å². The molecule has 0 bridgehead atoms. The fourth-order valence-electron chi connectivity index (χ4n) is 8.67. The molecule has 2 saturated heterocycles. The predicted molar refractivity (Wildman–Crippen MR) is 253 cm³/mol. The molecule has 2 amide bonds. The van der Waals surface area contributed by atoms with Gasteiger partial charge in [-0.15, -0.1) is 13.2 Å². The van der Waals surface area contributed by atoms with Crippen LogP contribution in [0.2, 0.25) is 0 Å². The van der Waals surface area contributed by atoms with Crippen LogP contribution in [0.4, 0.5) is 0 Å². The van der Waals surface area contributed by atoms with Gasteiger partial charge >= 0.3 is 11.9 Å². The number of rotatable bonds is 22. The minimum atomic E-state index is -1.57. The molecule has 2 fully saturated rings. The molecule has 5 aromatic rings. The molecule has 3 heterocycles. The van der Waals surface area contributed by atoms with Crippen LogP contribution in [-0.4, -0.2) is 124 Å². The van der Waals surface area contributed by atoms with E-state index < -0.39 is 85.1 Å². The monoisotopic (exact) mass is 953 g/mol. The second kappa shape index (κ2) is 24.3. The molecular weight excluding hydrogens is 899 g/mol. The zero-order chi connectivity index (χ0) is 48.8. The number of benzene rings is 5. The van der Waals surface area contributed by atoms with Crippen molar-refractivity contribution in [3.63, 3.8) is 0 Å². The number of carbonyl (C=O) groups is 4. The highest BCUT2D eigenvalue weighted by Crippen LogP contribution is 2.39. The fourth-order valence-corrected chi connectivity index (χ4v) is 8.67. The summed E-state index contributed by atoms with van der Waals surface area (Å²) in [5, 5.41) is 0. The molecule has 3 aliphatic heterocycles. The van der Waals surface area contributed by atoms with Crippen LogP contribution < -0.4 is 0 Å². The molecule has 8 rings (SSSR count). The molecule has 15 heteroatoms. The van der Waals surface area contributed by atoms with E-state index in [9.17, 15) is 19.2 Å². The average molecular weight is 954 g/mol. The third kappa shape index (κ3) is 11.7. The van der Waals surface area contributed by atoms with Crippen molar-refractivity contribution in [3.8, 4) is 0 Å². The molecule has 0 aliphatic carbocycles. The first-order valence-electron chi connectivity index (χ1n) is 23.0. The summed E-state index contributed by atoms with van der Waals surface area (Å²) in [4.78, 5) is 58.1. The van der Waals surface area contributed by atoms with Crippen molar-refractivity contribution in [1.82, 2.24) is 4.90 Å². The van der Waals surface area contributed by atoms with Gasteiger partial charge in [0.1, 0.15) is 36.6 Å². The molecule has 0 radical (unpaired) electrons. The van der Waals surface area contributed by atoms with Gasteiger partial charge in [-0.25, -0.2) is 9.59 Å². The number of imide groups is 1. The zero-order valence-electron chi connectivity index (χ0n) is 38.6. The van der Waals surface area contributed by atoms with Gasteiger partial charge in [0.25, 0.3) is 11.8 Å². The topological polar surface area (TPSA) is 164 Å². The molecule has 70 heavy (non-hydrogen) atoms. The Labute approximate surface area is 406 Å². The van der Waals surface area contributed by atoms with E-state index >= 15 is 0 Å². The van der Waals surface area contributed by atoms with E-state index in [2.05, 4.69) is 13.2 Å². The summed E-state index contributed by atoms with van der Waals surface area (Å²) < 4.78 is 64.9. The summed E-state index contributed by atoms with van der Waals surface area (Å²) in [5.74, 6) is -2.66. The summed E-state index contributed by atoms with van der Waals surface area (Å²) in [6, 6.07) is 40.7. The average Bonchev–Trinajstić information content (AvgIpc) is 3.65. The van der Waals surface area contributed by atoms with Gasteiger partial charge in [0.2, 0.25) is 0 Å². The largest absolute Gasteiger partial charge is 0.453 e. The molecule has 3 aliphatic rings. The summed E-state index contributed by atoms with van der Waals surface area (Å²) in [6.45, 7) is 7.51. The van der Waals surface area contributed by atoms with Crippen LogP contribution in [0.15, 0.2) is 171 Å². The highest BCUT2D eigenvalue weighted by molar-refractivity contribution is 6.21. The summed E-state index contributed by atoms with van der Waals surface area (Å²) in [5.41, 5.74) is 2.48. The van der Waals surface area contributed by atoms with E-state index in [0.29, 0.717) is 0 Å². The van der Waals surface area contributed by atoms with Crippen LogP contribution in [0.1, 0.15) is 52.6 Å². The number of methoxy groups -OCH3 is 1. The SMILES string of the molecule is C=CCOC[C@H]1O[C@@H](O[C@H]2[C@H](OCc3ccccc3)[C@@H](N3C(=O)c4ccccc4C3=O)[C@H](OC)O[C@@H]2COCc2ccccc2)[C@@H](OC(=O)c2ccccc2)[C@@H](OCC=C)[C@@H]1OC(=O)c1ccccc1. The van der Waals surface area contributed by atoms with Gasteiger partial charge in [0.15, 0.2) is 24.8 Å². The smallest absolute Gasteiger partial charge is 0.338 e. The van der Waals surface area contributed by atoms with Gasteiger partial charge in [0, 0.05) is 7.11 Å². The van der Waals surface area contributed by atoms with E-state index in [1.165, 1.54) is 13.2 Å². The first kappa shape index (κ1) is 49.8. The summed E-state index contributed by atoms with van der Waals surface area (Å²) >= 11 is 0. The number of ether oxygens (including phenoxy) is 10. The highest BCUT2D eigenvalue weighted by atomic mass is 16.8. The Balaban J connectivity index is 1.24. The summed E-state index contributed by atoms with van der Waals surface area (Å²) in [6.07, 6.45) is -8.54. The van der Waals surface area contributed by atoms with Crippen LogP contribution >= 0.6 is 0 Å². The molecule has 0 unspecified atom stereocenters. The minimum absolute atomic E-state index is 0.0163. The Morgan fingerprint density at radius 1 is 0.543 bits per heavy atom. The van der Waals surface area contributed by atoms with E-state index in [1.54, 1.807) is 91.0 Å². The lowest BCUT2D eigenvalue weighted by molar-refractivity contribution is -0.355. The maximum absolute atomic E-state index is 14.4. The van der Waals surface area contributed by atoms with E-state index in [0.717, 1.165) is 16.0 Å². The van der Waals surface area contributed by atoms with Crippen molar-refractivity contribution in [2.45, 2.75) is 74.6 Å².